The highest BCUT2D eigenvalue weighted by molar-refractivity contribution is 5.95. The number of fused-ring (bicyclic) bond motifs is 5. The van der Waals surface area contributed by atoms with Crippen molar-refractivity contribution in [2.75, 3.05) is 39.9 Å². The Kier molecular flexibility index (Phi) is 19.5. The van der Waals surface area contributed by atoms with Gasteiger partial charge in [-0.05, 0) is 48.7 Å². The fourth-order valence-corrected chi connectivity index (χ4v) is 6.55. The number of hydrogen-bond donors (Lipinski definition) is 6. The highest BCUT2D eigenvalue weighted by Gasteiger charge is 2.33. The van der Waals surface area contributed by atoms with Gasteiger partial charge in [0, 0.05) is 44.1 Å². The van der Waals surface area contributed by atoms with Crippen molar-refractivity contribution >= 4 is 29.6 Å². The number of amides is 4. The summed E-state index contributed by atoms with van der Waals surface area (Å²) < 4.78 is 12.0. The van der Waals surface area contributed by atoms with Crippen molar-refractivity contribution < 1.29 is 38.6 Å². The van der Waals surface area contributed by atoms with Crippen LogP contribution in [0.3, 0.4) is 0 Å². The minimum absolute atomic E-state index is 0.0601. The van der Waals surface area contributed by atoms with Crippen molar-refractivity contribution in [3.63, 3.8) is 0 Å². The molecule has 4 bridgehead atoms. The van der Waals surface area contributed by atoms with Crippen molar-refractivity contribution in [2.45, 2.75) is 115 Å². The van der Waals surface area contributed by atoms with Crippen LogP contribution in [0.1, 0.15) is 108 Å². The average molecular weight is 767 g/mol. The fourth-order valence-electron chi connectivity index (χ4n) is 6.55. The summed E-state index contributed by atoms with van der Waals surface area (Å²) in [6, 6.07) is 6.42. The maximum Gasteiger partial charge on any atom is 0.326 e. The van der Waals surface area contributed by atoms with Crippen LogP contribution in [-0.4, -0.2) is 91.6 Å². The summed E-state index contributed by atoms with van der Waals surface area (Å²) >= 11 is 0. The molecule has 2 aromatic carbocycles. The molecule has 0 aliphatic carbocycles. The van der Waals surface area contributed by atoms with E-state index in [-0.39, 0.29) is 45.2 Å². The second-order valence-corrected chi connectivity index (χ2v) is 14.2. The van der Waals surface area contributed by atoms with E-state index < -0.39 is 41.8 Å². The number of carbonyl (C=O) groups excluding carboxylic acids is 4. The largest absolute Gasteiger partial charge is 0.492 e. The monoisotopic (exact) mass is 766 g/mol. The lowest BCUT2D eigenvalue weighted by Gasteiger charge is -2.30. The minimum atomic E-state index is -1.31. The number of carbonyl (C=O) groups is 5. The van der Waals surface area contributed by atoms with Gasteiger partial charge in [0.2, 0.25) is 23.6 Å². The second-order valence-electron chi connectivity index (χ2n) is 14.2. The first-order valence-electron chi connectivity index (χ1n) is 19.8. The van der Waals surface area contributed by atoms with Crippen LogP contribution >= 0.6 is 0 Å². The topological polar surface area (TPSA) is 215 Å². The van der Waals surface area contributed by atoms with Gasteiger partial charge in [-0.3, -0.25) is 19.2 Å². The maximum absolute atomic E-state index is 14.0. The number of rotatable bonds is 22. The van der Waals surface area contributed by atoms with E-state index in [0.29, 0.717) is 40.2 Å². The molecule has 304 valence electrons. The summed E-state index contributed by atoms with van der Waals surface area (Å²) in [5, 5.41) is 17.9. The molecule has 0 fully saturated rings. The zero-order valence-electron chi connectivity index (χ0n) is 32.8. The molecule has 2 unspecified atom stereocenters. The molecule has 3 rings (SSSR count). The summed E-state index contributed by atoms with van der Waals surface area (Å²) in [5.74, 6) is -2.61. The number of carboxylic acids is 1. The molecule has 0 radical (unpaired) electrons. The lowest BCUT2D eigenvalue weighted by molar-refractivity contribution is -0.143. The zero-order chi connectivity index (χ0) is 40.2. The number of nitrogens with zero attached hydrogens (tertiary/aromatic N) is 1. The zero-order valence-corrected chi connectivity index (χ0v) is 32.8. The van der Waals surface area contributed by atoms with E-state index in [9.17, 15) is 29.1 Å². The third-order valence-corrected chi connectivity index (χ3v) is 9.68. The molecule has 1 aliphatic heterocycles. The van der Waals surface area contributed by atoms with Gasteiger partial charge in [0.15, 0.2) is 0 Å². The third kappa shape index (κ3) is 14.5. The van der Waals surface area contributed by atoms with Crippen LogP contribution in [0.5, 0.6) is 11.5 Å². The predicted octanol–water partition coefficient (Wildman–Crippen LogP) is 3.98. The third-order valence-electron chi connectivity index (χ3n) is 9.68. The van der Waals surface area contributed by atoms with E-state index in [0.717, 1.165) is 25.7 Å². The standard InChI is InChI=1S/C41H62N6O8/c1-4-5-6-7-8-9-10-11-12-13-14-15-36(48)44-27-37(49)47(3)38-30-17-19-35(55-23-21-43)32(26-30)31-24-29(16-18-34(31)54-22-20-42)25-33(41(52)53)46-39(50)28(2)45-40(38)51/h16-19,24,26,28,33,38H,4-15,20-23,25,27,42-43H2,1-3H3,(H,44,48)(H,45,51)(H,46,50)(H,52,53)/t28-,33?,38?/m0/s1. The van der Waals surface area contributed by atoms with Crippen molar-refractivity contribution in [3.8, 4) is 22.6 Å². The summed E-state index contributed by atoms with van der Waals surface area (Å²) in [7, 11) is 1.45. The smallest absolute Gasteiger partial charge is 0.326 e. The molecule has 8 N–H and O–H groups in total. The Morgan fingerprint density at radius 3 is 1.96 bits per heavy atom. The van der Waals surface area contributed by atoms with Gasteiger partial charge >= 0.3 is 5.97 Å². The second kappa shape index (κ2) is 24.0. The minimum Gasteiger partial charge on any atom is -0.492 e. The molecule has 14 heteroatoms. The predicted molar refractivity (Wildman–Crippen MR) is 211 cm³/mol. The Bertz CT molecular complexity index is 1570. The summed E-state index contributed by atoms with van der Waals surface area (Å²) in [6.45, 7) is 4.13. The first-order chi connectivity index (χ1) is 26.5. The molecule has 0 aromatic heterocycles. The molecule has 55 heavy (non-hydrogen) atoms. The lowest BCUT2D eigenvalue weighted by Crippen LogP contribution is -2.53. The quantitative estimate of drug-likeness (QED) is 0.0949. The molecule has 1 heterocycles. The molecule has 0 saturated heterocycles. The Morgan fingerprint density at radius 1 is 0.818 bits per heavy atom. The molecule has 0 saturated carbocycles. The van der Waals surface area contributed by atoms with Gasteiger partial charge < -0.3 is 46.9 Å². The molecule has 4 amide bonds. The number of unbranched alkanes of at least 4 members (excludes halogenated alkanes) is 10. The number of hydrogen-bond acceptors (Lipinski definition) is 9. The van der Waals surface area contributed by atoms with Crippen LogP contribution in [0.15, 0.2) is 36.4 Å². The van der Waals surface area contributed by atoms with Crippen LogP contribution in [0.25, 0.3) is 11.1 Å². The molecular formula is C41H62N6O8. The van der Waals surface area contributed by atoms with E-state index in [4.69, 9.17) is 20.9 Å². The Hall–Kier alpha value is -4.69. The summed E-state index contributed by atoms with van der Waals surface area (Å²) in [5.41, 5.74) is 13.5. The van der Waals surface area contributed by atoms with Crippen LogP contribution in [0.4, 0.5) is 0 Å². The Labute approximate surface area is 325 Å². The van der Waals surface area contributed by atoms with Crippen LogP contribution in [-0.2, 0) is 30.4 Å². The SMILES string of the molecule is CCCCCCCCCCCCCC(=O)NCC(=O)N(C)C1C(=O)N[C@@H](C)C(=O)NC(C(=O)O)Cc2ccc(OCCN)c(c2)-c2cc1ccc2OCCN. The molecule has 0 spiro atoms. The van der Waals surface area contributed by atoms with Crippen molar-refractivity contribution in [1.29, 1.82) is 0 Å². The van der Waals surface area contributed by atoms with Crippen LogP contribution in [0.2, 0.25) is 0 Å². The number of aliphatic carboxylic acids is 1. The molecule has 14 nitrogen and oxygen atoms in total. The fraction of sp³-hybridized carbons (Fsp3) is 0.585. The van der Waals surface area contributed by atoms with E-state index in [2.05, 4.69) is 22.9 Å². The van der Waals surface area contributed by atoms with Crippen LogP contribution < -0.4 is 36.9 Å². The van der Waals surface area contributed by atoms with Crippen LogP contribution in [0, 0.1) is 0 Å². The number of nitrogens with one attached hydrogen (secondary N) is 3. The molecule has 2 aromatic rings. The lowest BCUT2D eigenvalue weighted by atomic mass is 9.93. The summed E-state index contributed by atoms with van der Waals surface area (Å²) in [6.07, 6.45) is 13.0. The van der Waals surface area contributed by atoms with Gasteiger partial charge in [-0.25, -0.2) is 4.79 Å². The normalized spacial score (nSPS) is 17.0. The van der Waals surface area contributed by atoms with Gasteiger partial charge in [-0.2, -0.15) is 0 Å². The van der Waals surface area contributed by atoms with Gasteiger partial charge in [0.05, 0.1) is 6.54 Å². The van der Waals surface area contributed by atoms with Gasteiger partial charge in [0.25, 0.3) is 0 Å². The average Bonchev–Trinajstić information content (AvgIpc) is 3.17. The molecule has 3 atom stereocenters. The van der Waals surface area contributed by atoms with E-state index in [1.807, 2.05) is 0 Å². The van der Waals surface area contributed by atoms with E-state index in [1.165, 1.54) is 63.8 Å². The molecular weight excluding hydrogens is 704 g/mol. The van der Waals surface area contributed by atoms with Crippen molar-refractivity contribution in [1.82, 2.24) is 20.9 Å². The van der Waals surface area contributed by atoms with Crippen molar-refractivity contribution in [2.24, 2.45) is 11.5 Å². The number of likely N-dealkylation sites (N-methyl/N-ethyl adjacent to an activating group) is 1. The number of benzene rings is 2. The van der Waals surface area contributed by atoms with Gasteiger partial charge in [-0.15, -0.1) is 0 Å². The molecule has 1 aliphatic rings. The Balaban J connectivity index is 1.85. The number of nitrogens with two attached hydrogens (primary N) is 2. The van der Waals surface area contributed by atoms with E-state index in [1.54, 1.807) is 36.4 Å². The van der Waals surface area contributed by atoms with Crippen molar-refractivity contribution in [3.05, 3.63) is 47.5 Å². The maximum atomic E-state index is 14.0. The Morgan fingerprint density at radius 2 is 1.38 bits per heavy atom. The first kappa shape index (κ1) is 44.7. The van der Waals surface area contributed by atoms with Gasteiger partial charge in [0.1, 0.15) is 42.8 Å². The highest BCUT2D eigenvalue weighted by atomic mass is 16.5. The number of ether oxygens (including phenoxy) is 2. The first-order valence-corrected chi connectivity index (χ1v) is 19.8. The van der Waals surface area contributed by atoms with Gasteiger partial charge in [-0.1, -0.05) is 83.3 Å². The van der Waals surface area contributed by atoms with E-state index >= 15 is 0 Å². The number of carboxylic acid groups (broad SMARTS) is 1. The summed E-state index contributed by atoms with van der Waals surface area (Å²) in [4.78, 5) is 67.0. The highest BCUT2D eigenvalue weighted by Crippen LogP contribution is 2.40.